The summed E-state index contributed by atoms with van der Waals surface area (Å²) in [5.74, 6) is -2.70. The molecule has 0 saturated heterocycles. The van der Waals surface area contributed by atoms with Crippen LogP contribution in [0.2, 0.25) is 0 Å². The van der Waals surface area contributed by atoms with Crippen LogP contribution in [0.1, 0.15) is 13.3 Å². The van der Waals surface area contributed by atoms with Gasteiger partial charge in [-0.2, -0.15) is 13.2 Å². The van der Waals surface area contributed by atoms with Crippen LogP contribution in [0.5, 0.6) is 0 Å². The third kappa shape index (κ3) is 16.4. The van der Waals surface area contributed by atoms with Crippen molar-refractivity contribution in [2.75, 3.05) is 13.1 Å². The summed E-state index contributed by atoms with van der Waals surface area (Å²) in [5, 5.41) is 9.75. The number of carbonyl (C=O) groups excluding carboxylic acids is 1. The van der Waals surface area contributed by atoms with Gasteiger partial charge in [-0.1, -0.05) is 0 Å². The van der Waals surface area contributed by atoms with Crippen molar-refractivity contribution in [2.24, 2.45) is 16.5 Å². The Labute approximate surface area is 101 Å². The lowest BCUT2D eigenvalue weighted by Gasteiger charge is -1.98. The van der Waals surface area contributed by atoms with Gasteiger partial charge in [0.25, 0.3) is 0 Å². The summed E-state index contributed by atoms with van der Waals surface area (Å²) in [7, 11) is 0. The molecule has 0 aliphatic rings. The first-order chi connectivity index (χ1) is 8.07. The number of aliphatic carboxylic acids is 1. The highest BCUT2D eigenvalue weighted by atomic mass is 19.4. The summed E-state index contributed by atoms with van der Waals surface area (Å²) < 4.78 is 31.7. The Kier molecular flexibility index (Phi) is 9.26. The minimum atomic E-state index is -5.08. The van der Waals surface area contributed by atoms with Gasteiger partial charge in [-0.05, 0) is 6.42 Å². The van der Waals surface area contributed by atoms with Crippen LogP contribution in [0.25, 0.3) is 0 Å². The van der Waals surface area contributed by atoms with Crippen LogP contribution in [0.15, 0.2) is 4.99 Å². The Balaban J connectivity index is 0. The maximum Gasteiger partial charge on any atom is 0.490 e. The predicted octanol–water partition coefficient (Wildman–Crippen LogP) is -0.581. The number of alkyl halides is 3. The fourth-order valence-corrected chi connectivity index (χ4v) is 0.552. The second kappa shape index (κ2) is 9.07. The molecule has 7 nitrogen and oxygen atoms in total. The highest BCUT2D eigenvalue weighted by molar-refractivity contribution is 5.75. The van der Waals surface area contributed by atoms with E-state index in [0.717, 1.165) is 6.42 Å². The Morgan fingerprint density at radius 3 is 2.06 bits per heavy atom. The third-order valence-corrected chi connectivity index (χ3v) is 1.25. The molecule has 0 aromatic carbocycles. The SMILES string of the molecule is CC(=O)NCCCN=C(N)N.O=C(O)C(F)(F)F. The standard InChI is InChI=1S/C6H14N4O.C2HF3O2/c1-5(11)9-3-2-4-10-6(7)8;3-2(4,5)1(6)7/h2-4H2,1H3,(H,9,11)(H4,7,8,10);(H,6,7). The lowest BCUT2D eigenvalue weighted by atomic mass is 10.4. The minimum Gasteiger partial charge on any atom is -0.475 e. The van der Waals surface area contributed by atoms with Crippen LogP contribution in [-0.2, 0) is 9.59 Å². The van der Waals surface area contributed by atoms with Gasteiger partial charge in [0.15, 0.2) is 5.96 Å². The number of carbonyl (C=O) groups is 2. The number of halogens is 3. The van der Waals surface area contributed by atoms with Crippen molar-refractivity contribution in [1.29, 1.82) is 0 Å². The van der Waals surface area contributed by atoms with E-state index in [-0.39, 0.29) is 11.9 Å². The number of rotatable bonds is 4. The van der Waals surface area contributed by atoms with Crippen molar-refractivity contribution in [3.8, 4) is 0 Å². The van der Waals surface area contributed by atoms with Gasteiger partial charge < -0.3 is 21.9 Å². The molecule has 0 rings (SSSR count). The van der Waals surface area contributed by atoms with E-state index in [9.17, 15) is 18.0 Å². The third-order valence-electron chi connectivity index (χ3n) is 1.25. The van der Waals surface area contributed by atoms with Gasteiger partial charge in [0, 0.05) is 20.0 Å². The predicted molar refractivity (Wildman–Crippen MR) is 57.7 cm³/mol. The second-order valence-electron chi connectivity index (χ2n) is 2.95. The first-order valence-electron chi connectivity index (χ1n) is 4.67. The molecule has 0 unspecified atom stereocenters. The van der Waals surface area contributed by atoms with Gasteiger partial charge in [-0.3, -0.25) is 9.79 Å². The van der Waals surface area contributed by atoms with E-state index in [1.807, 2.05) is 0 Å². The van der Waals surface area contributed by atoms with Crippen LogP contribution in [0.4, 0.5) is 13.2 Å². The molecule has 0 aromatic rings. The van der Waals surface area contributed by atoms with Gasteiger partial charge in [0.05, 0.1) is 0 Å². The summed E-state index contributed by atoms with van der Waals surface area (Å²) >= 11 is 0. The molecule has 6 N–H and O–H groups in total. The summed E-state index contributed by atoms with van der Waals surface area (Å²) in [6, 6.07) is 0. The number of nitrogens with zero attached hydrogens (tertiary/aromatic N) is 1. The molecule has 1 amide bonds. The Morgan fingerprint density at radius 2 is 1.78 bits per heavy atom. The van der Waals surface area contributed by atoms with Gasteiger partial charge in [0.2, 0.25) is 5.91 Å². The van der Waals surface area contributed by atoms with E-state index in [2.05, 4.69) is 10.3 Å². The molecule has 0 aromatic heterocycles. The molecular weight excluding hydrogens is 257 g/mol. The molecule has 0 aliphatic carbocycles. The number of hydrogen-bond acceptors (Lipinski definition) is 3. The lowest BCUT2D eigenvalue weighted by Crippen LogP contribution is -2.24. The molecule has 106 valence electrons. The van der Waals surface area contributed by atoms with Gasteiger partial charge in [-0.15, -0.1) is 0 Å². The number of hydrogen-bond donors (Lipinski definition) is 4. The molecule has 0 radical (unpaired) electrons. The Bertz CT molecular complexity index is 300. The van der Waals surface area contributed by atoms with Crippen LogP contribution >= 0.6 is 0 Å². The molecule has 0 heterocycles. The quantitative estimate of drug-likeness (QED) is 0.309. The smallest absolute Gasteiger partial charge is 0.475 e. The average Bonchev–Trinajstić information content (AvgIpc) is 2.15. The first-order valence-corrected chi connectivity index (χ1v) is 4.67. The van der Waals surface area contributed by atoms with Crippen molar-refractivity contribution in [1.82, 2.24) is 5.32 Å². The monoisotopic (exact) mass is 272 g/mol. The normalized spacial score (nSPS) is 9.78. The number of amides is 1. The molecule has 0 atom stereocenters. The highest BCUT2D eigenvalue weighted by Gasteiger charge is 2.38. The van der Waals surface area contributed by atoms with Crippen molar-refractivity contribution >= 4 is 17.8 Å². The molecular formula is C8H15F3N4O3. The highest BCUT2D eigenvalue weighted by Crippen LogP contribution is 2.13. The van der Waals surface area contributed by atoms with Gasteiger partial charge in [-0.25, -0.2) is 4.79 Å². The summed E-state index contributed by atoms with van der Waals surface area (Å²) in [6.07, 6.45) is -4.32. The van der Waals surface area contributed by atoms with Crippen LogP contribution in [-0.4, -0.2) is 42.2 Å². The molecule has 0 aliphatic heterocycles. The molecule has 0 saturated carbocycles. The van der Waals surface area contributed by atoms with E-state index in [0.29, 0.717) is 13.1 Å². The van der Waals surface area contributed by atoms with E-state index in [4.69, 9.17) is 21.4 Å². The number of carboxylic acid groups (broad SMARTS) is 1. The summed E-state index contributed by atoms with van der Waals surface area (Å²) in [4.78, 5) is 23.0. The maximum atomic E-state index is 10.6. The Morgan fingerprint density at radius 1 is 1.33 bits per heavy atom. The van der Waals surface area contributed by atoms with E-state index in [1.165, 1.54) is 6.92 Å². The van der Waals surface area contributed by atoms with Crippen molar-refractivity contribution < 1.29 is 27.9 Å². The van der Waals surface area contributed by atoms with E-state index in [1.54, 1.807) is 0 Å². The van der Waals surface area contributed by atoms with Crippen molar-refractivity contribution in [2.45, 2.75) is 19.5 Å². The van der Waals surface area contributed by atoms with Gasteiger partial charge >= 0.3 is 12.1 Å². The molecule has 0 spiro atoms. The summed E-state index contributed by atoms with van der Waals surface area (Å²) in [5.41, 5.74) is 10.1. The maximum absolute atomic E-state index is 10.6. The summed E-state index contributed by atoms with van der Waals surface area (Å²) in [6.45, 7) is 2.65. The minimum absolute atomic E-state index is 0.0327. The zero-order valence-electron chi connectivity index (χ0n) is 9.62. The number of carboxylic acids is 1. The van der Waals surface area contributed by atoms with Crippen LogP contribution in [0.3, 0.4) is 0 Å². The molecule has 0 bridgehead atoms. The van der Waals surface area contributed by atoms with Crippen LogP contribution in [0, 0.1) is 0 Å². The largest absolute Gasteiger partial charge is 0.490 e. The Hall–Kier alpha value is -2.00. The molecule has 18 heavy (non-hydrogen) atoms. The fourth-order valence-electron chi connectivity index (χ4n) is 0.552. The fraction of sp³-hybridized carbons (Fsp3) is 0.625. The zero-order chi connectivity index (χ0) is 14.8. The number of aliphatic imine (C=N–C) groups is 1. The number of nitrogens with two attached hydrogens (primary N) is 2. The van der Waals surface area contributed by atoms with E-state index >= 15 is 0 Å². The number of nitrogens with one attached hydrogen (secondary N) is 1. The van der Waals surface area contributed by atoms with Crippen molar-refractivity contribution in [3.63, 3.8) is 0 Å². The second-order valence-corrected chi connectivity index (χ2v) is 2.95. The molecule has 0 fully saturated rings. The van der Waals surface area contributed by atoms with Crippen molar-refractivity contribution in [3.05, 3.63) is 0 Å². The topological polar surface area (TPSA) is 131 Å². The van der Waals surface area contributed by atoms with Gasteiger partial charge in [0.1, 0.15) is 0 Å². The first kappa shape index (κ1) is 18.4. The van der Waals surface area contributed by atoms with Crippen LogP contribution < -0.4 is 16.8 Å². The average molecular weight is 272 g/mol. The van der Waals surface area contributed by atoms with E-state index < -0.39 is 12.1 Å². The number of guanidine groups is 1. The molecule has 10 heteroatoms. The zero-order valence-corrected chi connectivity index (χ0v) is 9.62. The lowest BCUT2D eigenvalue weighted by molar-refractivity contribution is -0.192.